The van der Waals surface area contributed by atoms with Crippen molar-refractivity contribution in [3.05, 3.63) is 57.9 Å². The molecular weight excluding hydrogens is 288 g/mol. The minimum Gasteiger partial charge on any atom is -0.382 e. The van der Waals surface area contributed by atoms with Gasteiger partial charge in [0.15, 0.2) is 0 Å². The highest BCUT2D eigenvalue weighted by Gasteiger charge is 2.07. The van der Waals surface area contributed by atoms with E-state index >= 15 is 0 Å². The van der Waals surface area contributed by atoms with E-state index in [0.717, 1.165) is 23.0 Å². The van der Waals surface area contributed by atoms with E-state index in [4.69, 9.17) is 11.6 Å². The summed E-state index contributed by atoms with van der Waals surface area (Å²) in [5, 5.41) is 9.70. The molecule has 1 aromatic carbocycles. The van der Waals surface area contributed by atoms with Crippen molar-refractivity contribution in [1.82, 2.24) is 4.98 Å². The van der Waals surface area contributed by atoms with Gasteiger partial charge in [-0.05, 0) is 60.0 Å². The van der Waals surface area contributed by atoms with E-state index in [1.165, 1.54) is 5.56 Å². The van der Waals surface area contributed by atoms with Crippen LogP contribution in [-0.2, 0) is 6.42 Å². The molecule has 0 aliphatic carbocycles. The normalized spacial score (nSPS) is 12.5. The first kappa shape index (κ1) is 13.4. The predicted molar refractivity (Wildman–Crippen MR) is 87.9 cm³/mol. The minimum absolute atomic E-state index is 0.367. The number of hydrogen-bond acceptors (Lipinski definition) is 3. The van der Waals surface area contributed by atoms with Crippen molar-refractivity contribution in [2.75, 3.05) is 5.32 Å². The molecule has 1 atom stereocenters. The van der Waals surface area contributed by atoms with E-state index in [9.17, 15) is 0 Å². The van der Waals surface area contributed by atoms with Crippen LogP contribution in [-0.4, -0.2) is 11.0 Å². The molecule has 1 unspecified atom stereocenters. The molecule has 0 bridgehead atoms. The summed E-state index contributed by atoms with van der Waals surface area (Å²) in [7, 11) is 0. The van der Waals surface area contributed by atoms with Gasteiger partial charge < -0.3 is 5.32 Å². The second-order valence-electron chi connectivity index (χ2n) is 4.90. The largest absolute Gasteiger partial charge is 0.382 e. The fourth-order valence-electron chi connectivity index (χ4n) is 2.33. The second kappa shape index (κ2) is 5.81. The molecule has 3 aromatic rings. The first-order valence-electron chi connectivity index (χ1n) is 6.54. The van der Waals surface area contributed by atoms with E-state index in [-0.39, 0.29) is 0 Å². The summed E-state index contributed by atoms with van der Waals surface area (Å²) in [6.45, 7) is 2.19. The number of hydrogen-bond donors (Lipinski definition) is 1. The highest BCUT2D eigenvalue weighted by atomic mass is 35.5. The second-order valence-corrected chi connectivity index (χ2v) is 6.12. The summed E-state index contributed by atoms with van der Waals surface area (Å²) < 4.78 is 0. The topological polar surface area (TPSA) is 24.9 Å². The van der Waals surface area contributed by atoms with Crippen LogP contribution in [0.15, 0.2) is 47.3 Å². The summed E-state index contributed by atoms with van der Waals surface area (Å²) >= 11 is 7.75. The van der Waals surface area contributed by atoms with Crippen molar-refractivity contribution in [2.24, 2.45) is 0 Å². The van der Waals surface area contributed by atoms with Crippen molar-refractivity contribution in [3.63, 3.8) is 0 Å². The number of halogens is 1. The van der Waals surface area contributed by atoms with Crippen LogP contribution >= 0.6 is 22.9 Å². The number of nitrogens with zero attached hydrogens (tertiary/aromatic N) is 1. The molecule has 0 amide bonds. The monoisotopic (exact) mass is 302 g/mol. The Bertz CT molecular complexity index is 710. The Morgan fingerprint density at radius 2 is 2.20 bits per heavy atom. The Hall–Kier alpha value is -1.58. The third-order valence-corrected chi connectivity index (χ3v) is 4.20. The number of fused-ring (bicyclic) bond motifs is 1. The number of pyridine rings is 1. The number of benzene rings is 1. The quantitative estimate of drug-likeness (QED) is 0.734. The lowest BCUT2D eigenvalue weighted by molar-refractivity contribution is 0.794. The van der Waals surface area contributed by atoms with Gasteiger partial charge in [0, 0.05) is 28.3 Å². The number of anilines is 1. The van der Waals surface area contributed by atoms with Gasteiger partial charge in [0.05, 0.1) is 5.52 Å². The lowest BCUT2D eigenvalue weighted by Crippen LogP contribution is -2.17. The number of rotatable bonds is 4. The van der Waals surface area contributed by atoms with Gasteiger partial charge >= 0.3 is 0 Å². The number of nitrogens with one attached hydrogen (secondary N) is 1. The van der Waals surface area contributed by atoms with Crippen LogP contribution in [0.25, 0.3) is 10.9 Å². The predicted octanol–water partition coefficient (Wildman–Crippen LogP) is 4.99. The van der Waals surface area contributed by atoms with Gasteiger partial charge in [0.1, 0.15) is 0 Å². The molecule has 4 heteroatoms. The third-order valence-electron chi connectivity index (χ3n) is 3.23. The average Bonchev–Trinajstić information content (AvgIpc) is 2.91. The van der Waals surface area contributed by atoms with Gasteiger partial charge in [0.25, 0.3) is 0 Å². The maximum absolute atomic E-state index is 6.01. The third kappa shape index (κ3) is 2.94. The summed E-state index contributed by atoms with van der Waals surface area (Å²) in [6.07, 6.45) is 2.83. The lowest BCUT2D eigenvalue weighted by Gasteiger charge is -2.16. The summed E-state index contributed by atoms with van der Waals surface area (Å²) in [6, 6.07) is 10.4. The Balaban J connectivity index is 1.83. The lowest BCUT2D eigenvalue weighted by atomic mass is 10.1. The Labute approximate surface area is 127 Å². The Kier molecular flexibility index (Phi) is 3.90. The molecule has 0 saturated heterocycles. The van der Waals surface area contributed by atoms with Crippen LogP contribution in [0.2, 0.25) is 5.02 Å². The van der Waals surface area contributed by atoms with Crippen molar-refractivity contribution >= 4 is 39.5 Å². The fraction of sp³-hybridized carbons (Fsp3) is 0.188. The van der Waals surface area contributed by atoms with E-state index in [1.807, 2.05) is 30.5 Å². The van der Waals surface area contributed by atoms with Gasteiger partial charge in [-0.2, -0.15) is 11.3 Å². The zero-order chi connectivity index (χ0) is 13.9. The smallest absolute Gasteiger partial charge is 0.0737 e. The van der Waals surface area contributed by atoms with Gasteiger partial charge in [-0.15, -0.1) is 0 Å². The van der Waals surface area contributed by atoms with Crippen LogP contribution in [0.4, 0.5) is 5.69 Å². The van der Waals surface area contributed by atoms with Crippen LogP contribution in [0, 0.1) is 0 Å². The molecule has 102 valence electrons. The van der Waals surface area contributed by atoms with E-state index < -0.39 is 0 Å². The molecule has 20 heavy (non-hydrogen) atoms. The van der Waals surface area contributed by atoms with Gasteiger partial charge in [-0.1, -0.05) is 11.6 Å². The molecule has 0 saturated carbocycles. The molecular formula is C16H15ClN2S. The first-order chi connectivity index (χ1) is 9.72. The summed E-state index contributed by atoms with van der Waals surface area (Å²) in [5.74, 6) is 0. The minimum atomic E-state index is 0.367. The zero-order valence-corrected chi connectivity index (χ0v) is 12.7. The fourth-order valence-corrected chi connectivity index (χ4v) is 3.17. The van der Waals surface area contributed by atoms with Crippen molar-refractivity contribution in [3.8, 4) is 0 Å². The maximum atomic E-state index is 6.01. The van der Waals surface area contributed by atoms with Crippen LogP contribution in [0.3, 0.4) is 0 Å². The maximum Gasteiger partial charge on any atom is 0.0737 e. The van der Waals surface area contributed by atoms with Gasteiger partial charge in [-0.3, -0.25) is 4.98 Å². The standard InChI is InChI=1S/C16H15ClN2S/c1-11(8-12-5-7-20-10-12)19-15-4-6-18-16-9-13(17)2-3-14(15)16/h2-7,9-11H,8H2,1H3,(H,18,19). The Morgan fingerprint density at radius 3 is 3.00 bits per heavy atom. The molecule has 2 heterocycles. The summed E-state index contributed by atoms with van der Waals surface area (Å²) in [4.78, 5) is 4.36. The molecule has 3 rings (SSSR count). The van der Waals surface area contributed by atoms with Crippen LogP contribution < -0.4 is 5.32 Å². The highest BCUT2D eigenvalue weighted by molar-refractivity contribution is 7.07. The van der Waals surface area contributed by atoms with Crippen molar-refractivity contribution in [2.45, 2.75) is 19.4 Å². The molecule has 1 N–H and O–H groups in total. The zero-order valence-electron chi connectivity index (χ0n) is 11.1. The molecule has 0 fully saturated rings. The van der Waals surface area contributed by atoms with Gasteiger partial charge in [-0.25, -0.2) is 0 Å². The van der Waals surface area contributed by atoms with E-state index in [0.29, 0.717) is 11.1 Å². The highest BCUT2D eigenvalue weighted by Crippen LogP contribution is 2.25. The molecule has 2 aromatic heterocycles. The first-order valence-corrected chi connectivity index (χ1v) is 7.86. The molecule has 0 spiro atoms. The summed E-state index contributed by atoms with van der Waals surface area (Å²) in [5.41, 5.74) is 3.40. The number of thiophene rings is 1. The van der Waals surface area contributed by atoms with Crippen LogP contribution in [0.5, 0.6) is 0 Å². The van der Waals surface area contributed by atoms with Gasteiger partial charge in [0.2, 0.25) is 0 Å². The van der Waals surface area contributed by atoms with E-state index in [1.54, 1.807) is 11.3 Å². The van der Waals surface area contributed by atoms with Crippen molar-refractivity contribution < 1.29 is 0 Å². The molecule has 2 nitrogen and oxygen atoms in total. The molecule has 0 aliphatic rings. The molecule has 0 aliphatic heterocycles. The van der Waals surface area contributed by atoms with Crippen LogP contribution in [0.1, 0.15) is 12.5 Å². The van der Waals surface area contributed by atoms with E-state index in [2.05, 4.69) is 34.1 Å². The van der Waals surface area contributed by atoms with Crippen molar-refractivity contribution in [1.29, 1.82) is 0 Å². The number of aromatic nitrogens is 1. The Morgan fingerprint density at radius 1 is 1.30 bits per heavy atom. The average molecular weight is 303 g/mol. The SMILES string of the molecule is CC(Cc1ccsc1)Nc1ccnc2cc(Cl)ccc12. The molecule has 0 radical (unpaired) electrons.